The third-order valence-electron chi connectivity index (χ3n) is 6.05. The molecule has 0 spiro atoms. The molecule has 2 aromatic heterocycles. The fraction of sp³-hybridized carbons (Fsp3) is 0.455. The van der Waals surface area contributed by atoms with Crippen molar-refractivity contribution in [2.75, 3.05) is 19.6 Å². The number of alkyl halides is 3. The first-order valence-corrected chi connectivity index (χ1v) is 11.1. The highest BCUT2D eigenvalue weighted by Crippen LogP contribution is 2.45. The molecule has 2 aliphatic heterocycles. The highest BCUT2D eigenvalue weighted by Gasteiger charge is 2.42. The second kappa shape index (κ2) is 7.59. The number of aromatic amines is 1. The summed E-state index contributed by atoms with van der Waals surface area (Å²) in [6.45, 7) is 2.69. The Morgan fingerprint density at radius 3 is 2.80 bits per heavy atom. The van der Waals surface area contributed by atoms with Gasteiger partial charge in [0.2, 0.25) is 0 Å². The van der Waals surface area contributed by atoms with E-state index >= 15 is 0 Å². The molecule has 1 saturated heterocycles. The van der Waals surface area contributed by atoms with Crippen LogP contribution >= 0.6 is 11.3 Å². The van der Waals surface area contributed by atoms with Crippen molar-refractivity contribution in [2.24, 2.45) is 0 Å². The Balaban J connectivity index is 1.56. The fourth-order valence-electron chi connectivity index (χ4n) is 4.70. The molecule has 1 fully saturated rings. The smallest absolute Gasteiger partial charge is 0.401 e. The summed E-state index contributed by atoms with van der Waals surface area (Å²) in [5.41, 5.74) is 2.96. The normalized spacial score (nSPS) is 25.0. The van der Waals surface area contributed by atoms with Crippen molar-refractivity contribution < 1.29 is 17.9 Å². The molecule has 0 unspecified atom stereocenters. The SMILES string of the molecule is C[C@@H]1Cc2c([nH]c3ccccc23)[C@@H](c2ccc(O[C@@H]3CCNC3)s2)N1CC(F)(F)F. The first kappa shape index (κ1) is 19.9. The number of ether oxygens (including phenoxy) is 1. The molecule has 0 bridgehead atoms. The number of para-hydroxylation sites is 1. The van der Waals surface area contributed by atoms with Crippen LogP contribution in [0.1, 0.15) is 35.5 Å². The van der Waals surface area contributed by atoms with Crippen LogP contribution in [0.4, 0.5) is 13.2 Å². The fourth-order valence-corrected chi connectivity index (χ4v) is 5.76. The van der Waals surface area contributed by atoms with E-state index < -0.39 is 18.8 Å². The summed E-state index contributed by atoms with van der Waals surface area (Å²) in [5.74, 6) is 0. The summed E-state index contributed by atoms with van der Waals surface area (Å²) < 4.78 is 46.5. The second-order valence-corrected chi connectivity index (χ2v) is 9.27. The largest absolute Gasteiger partial charge is 0.479 e. The number of hydrogen-bond acceptors (Lipinski definition) is 4. The lowest BCUT2D eigenvalue weighted by Gasteiger charge is -2.40. The van der Waals surface area contributed by atoms with Crippen LogP contribution in [-0.2, 0) is 6.42 Å². The first-order chi connectivity index (χ1) is 14.4. The Morgan fingerprint density at radius 2 is 2.03 bits per heavy atom. The molecule has 0 amide bonds. The number of rotatable bonds is 4. The maximum absolute atomic E-state index is 13.5. The van der Waals surface area contributed by atoms with Gasteiger partial charge in [0.15, 0.2) is 5.06 Å². The van der Waals surface area contributed by atoms with Crippen LogP contribution in [0.2, 0.25) is 0 Å². The van der Waals surface area contributed by atoms with Crippen LogP contribution in [-0.4, -0.2) is 47.8 Å². The Morgan fingerprint density at radius 1 is 1.20 bits per heavy atom. The van der Waals surface area contributed by atoms with Gasteiger partial charge in [-0.15, -0.1) is 11.3 Å². The van der Waals surface area contributed by atoms with Gasteiger partial charge in [0.1, 0.15) is 6.10 Å². The van der Waals surface area contributed by atoms with Crippen LogP contribution < -0.4 is 10.1 Å². The van der Waals surface area contributed by atoms with Gasteiger partial charge in [0, 0.05) is 34.1 Å². The van der Waals surface area contributed by atoms with E-state index in [2.05, 4.69) is 10.3 Å². The van der Waals surface area contributed by atoms with Gasteiger partial charge in [0.05, 0.1) is 12.6 Å². The van der Waals surface area contributed by atoms with Crippen LogP contribution in [0.5, 0.6) is 5.06 Å². The van der Waals surface area contributed by atoms with Gasteiger partial charge in [-0.2, -0.15) is 13.2 Å². The Kier molecular flexibility index (Phi) is 5.03. The number of nitrogens with one attached hydrogen (secondary N) is 2. The molecular weight excluding hydrogens is 411 g/mol. The standard InChI is InChI=1S/C22H24F3N3OS/c1-13-10-16-15-4-2-3-5-17(15)27-20(16)21(28(13)12-22(23,24)25)18-6-7-19(30-18)29-14-8-9-26-11-14/h2-7,13-14,21,26-27H,8-12H2,1H3/t13-,14-,21-/m1/s1. The molecule has 3 atom stereocenters. The van der Waals surface area contributed by atoms with Gasteiger partial charge in [-0.05, 0) is 50.1 Å². The average Bonchev–Trinajstić information content (AvgIpc) is 3.42. The maximum atomic E-state index is 13.5. The highest BCUT2D eigenvalue weighted by atomic mass is 32.1. The summed E-state index contributed by atoms with van der Waals surface area (Å²) in [6.07, 6.45) is -2.60. The predicted molar refractivity (Wildman–Crippen MR) is 112 cm³/mol. The number of fused-ring (bicyclic) bond motifs is 3. The quantitative estimate of drug-likeness (QED) is 0.614. The van der Waals surface area contributed by atoms with Crippen LogP contribution in [0.3, 0.4) is 0 Å². The number of hydrogen-bond donors (Lipinski definition) is 2. The molecular formula is C22H24F3N3OS. The van der Waals surface area contributed by atoms with E-state index in [1.54, 1.807) is 4.90 Å². The predicted octanol–water partition coefficient (Wildman–Crippen LogP) is 4.87. The van der Waals surface area contributed by atoms with Gasteiger partial charge in [-0.1, -0.05) is 18.2 Å². The molecule has 5 rings (SSSR count). The average molecular weight is 436 g/mol. The number of H-pyrrole nitrogens is 1. The van der Waals surface area contributed by atoms with Crippen molar-refractivity contribution in [3.8, 4) is 5.06 Å². The maximum Gasteiger partial charge on any atom is 0.401 e. The molecule has 0 aliphatic carbocycles. The zero-order chi connectivity index (χ0) is 20.9. The molecule has 8 heteroatoms. The number of benzene rings is 1. The van der Waals surface area contributed by atoms with Crippen LogP contribution in [0.15, 0.2) is 36.4 Å². The number of thiophene rings is 1. The second-order valence-electron chi connectivity index (χ2n) is 8.20. The van der Waals surface area contributed by atoms with Crippen molar-refractivity contribution in [3.63, 3.8) is 0 Å². The van der Waals surface area contributed by atoms with E-state index in [4.69, 9.17) is 4.74 Å². The Bertz CT molecular complexity index is 1040. The molecule has 4 nitrogen and oxygen atoms in total. The number of halogens is 3. The Hall–Kier alpha value is -2.03. The molecule has 0 radical (unpaired) electrons. The molecule has 30 heavy (non-hydrogen) atoms. The number of nitrogens with zero attached hydrogens (tertiary/aromatic N) is 1. The third kappa shape index (κ3) is 3.72. The van der Waals surface area contributed by atoms with Crippen molar-refractivity contribution >= 4 is 22.2 Å². The van der Waals surface area contributed by atoms with Gasteiger partial charge in [-0.25, -0.2) is 0 Å². The van der Waals surface area contributed by atoms with E-state index in [0.29, 0.717) is 6.42 Å². The lowest BCUT2D eigenvalue weighted by Crippen LogP contribution is -2.46. The summed E-state index contributed by atoms with van der Waals surface area (Å²) in [7, 11) is 0. The molecule has 2 N–H and O–H groups in total. The minimum absolute atomic E-state index is 0.122. The van der Waals surface area contributed by atoms with Gasteiger partial charge in [-0.3, -0.25) is 4.90 Å². The van der Waals surface area contributed by atoms with Crippen molar-refractivity contribution in [3.05, 3.63) is 52.5 Å². The first-order valence-electron chi connectivity index (χ1n) is 10.3. The summed E-state index contributed by atoms with van der Waals surface area (Å²) in [5, 5.41) is 5.13. The Labute approximate surface area is 177 Å². The zero-order valence-corrected chi connectivity index (χ0v) is 17.4. The zero-order valence-electron chi connectivity index (χ0n) is 16.6. The van der Waals surface area contributed by atoms with Crippen LogP contribution in [0.25, 0.3) is 10.9 Å². The highest BCUT2D eigenvalue weighted by molar-refractivity contribution is 7.13. The summed E-state index contributed by atoms with van der Waals surface area (Å²) in [4.78, 5) is 5.88. The lowest BCUT2D eigenvalue weighted by atomic mass is 9.91. The summed E-state index contributed by atoms with van der Waals surface area (Å²) >= 11 is 1.45. The molecule has 0 saturated carbocycles. The van der Waals surface area contributed by atoms with E-state index in [9.17, 15) is 13.2 Å². The van der Waals surface area contributed by atoms with E-state index in [1.807, 2.05) is 43.3 Å². The molecule has 1 aromatic carbocycles. The van der Waals surface area contributed by atoms with Crippen molar-refractivity contribution in [2.45, 2.75) is 44.1 Å². The van der Waals surface area contributed by atoms with Crippen molar-refractivity contribution in [1.29, 1.82) is 0 Å². The topological polar surface area (TPSA) is 40.3 Å². The van der Waals surface area contributed by atoms with Gasteiger partial charge < -0.3 is 15.0 Å². The van der Waals surface area contributed by atoms with Gasteiger partial charge >= 0.3 is 6.18 Å². The summed E-state index contributed by atoms with van der Waals surface area (Å²) in [6, 6.07) is 11.1. The van der Waals surface area contributed by atoms with Crippen molar-refractivity contribution in [1.82, 2.24) is 15.2 Å². The lowest BCUT2D eigenvalue weighted by molar-refractivity contribution is -0.155. The molecule has 160 valence electrons. The third-order valence-corrected chi connectivity index (χ3v) is 7.08. The molecule has 3 aromatic rings. The minimum Gasteiger partial charge on any atom is -0.479 e. The molecule has 4 heterocycles. The monoisotopic (exact) mass is 435 g/mol. The minimum atomic E-state index is -4.26. The van der Waals surface area contributed by atoms with E-state index in [0.717, 1.165) is 51.6 Å². The van der Waals surface area contributed by atoms with E-state index in [-0.39, 0.29) is 12.1 Å². The molecule has 2 aliphatic rings. The van der Waals surface area contributed by atoms with E-state index in [1.165, 1.54) is 11.3 Å². The van der Waals surface area contributed by atoms with Gasteiger partial charge in [0.25, 0.3) is 0 Å². The number of aromatic nitrogens is 1. The van der Waals surface area contributed by atoms with Crippen LogP contribution in [0, 0.1) is 0 Å².